The number of carbonyl (C=O) groups excluding carboxylic acids is 1. The Bertz CT molecular complexity index is 1300. The first-order valence-electron chi connectivity index (χ1n) is 11.5. The second-order valence-corrected chi connectivity index (χ2v) is 8.60. The van der Waals surface area contributed by atoms with Crippen molar-refractivity contribution < 1.29 is 55.4 Å². The summed E-state index contributed by atoms with van der Waals surface area (Å²) in [7, 11) is 2.07. The first-order valence-corrected chi connectivity index (χ1v) is 11.5. The number of aliphatic carboxylic acids is 2. The van der Waals surface area contributed by atoms with Gasteiger partial charge in [-0.15, -0.1) is 0 Å². The van der Waals surface area contributed by atoms with Crippen molar-refractivity contribution in [3.8, 4) is 0 Å². The van der Waals surface area contributed by atoms with Gasteiger partial charge in [-0.05, 0) is 31.7 Å². The maximum absolute atomic E-state index is 12.7. The standard InChI is InChI=1S/C20H23N5O2.2C2HF3O2/c1-15-18(5-9-27-15)20(26)25-8-7-24-13-17(22-19(24)14-25)12-23(2)11-16-4-3-6-21-10-16;2*3-2(4,5)1(6)7/h3-6,9-10,13H,7-8,11-12,14H2,1-2H3;2*(H,6,7). The quantitative estimate of drug-likeness (QED) is 0.423. The van der Waals surface area contributed by atoms with Gasteiger partial charge in [0.05, 0.1) is 24.1 Å². The van der Waals surface area contributed by atoms with Gasteiger partial charge >= 0.3 is 24.3 Å². The SMILES string of the molecule is Cc1occc1C(=O)N1CCn2cc(CN(C)Cc3cccnc3)nc2C1.O=C(O)C(F)(F)F.O=C(O)C(F)(F)F. The molecule has 0 spiro atoms. The van der Waals surface area contributed by atoms with Crippen molar-refractivity contribution in [3.63, 3.8) is 0 Å². The molecule has 0 atom stereocenters. The molecule has 0 radical (unpaired) electrons. The lowest BCUT2D eigenvalue weighted by Gasteiger charge is -2.27. The smallest absolute Gasteiger partial charge is 0.475 e. The van der Waals surface area contributed by atoms with Crippen LogP contribution < -0.4 is 0 Å². The van der Waals surface area contributed by atoms with Gasteiger partial charge in [-0.1, -0.05) is 6.07 Å². The van der Waals surface area contributed by atoms with Crippen LogP contribution in [0.2, 0.25) is 0 Å². The number of nitrogens with zero attached hydrogens (tertiary/aromatic N) is 5. The second-order valence-electron chi connectivity index (χ2n) is 8.60. The molecular formula is C24H25F6N5O6. The molecule has 224 valence electrons. The lowest BCUT2D eigenvalue weighted by Crippen LogP contribution is -2.38. The normalized spacial score (nSPS) is 13.0. The largest absolute Gasteiger partial charge is 0.490 e. The molecule has 4 heterocycles. The molecule has 17 heteroatoms. The average Bonchev–Trinajstić information content (AvgIpc) is 3.48. The number of alkyl halides is 6. The molecule has 4 rings (SSSR count). The molecule has 1 aliphatic rings. The third kappa shape index (κ3) is 10.3. The fraction of sp³-hybridized carbons (Fsp3) is 0.375. The van der Waals surface area contributed by atoms with Crippen LogP contribution in [0.5, 0.6) is 0 Å². The number of rotatable bonds is 5. The number of imidazole rings is 1. The molecule has 0 bridgehead atoms. The fourth-order valence-corrected chi connectivity index (χ4v) is 3.47. The molecule has 0 saturated heterocycles. The van der Waals surface area contributed by atoms with Gasteiger partial charge in [0.25, 0.3) is 5.91 Å². The fourth-order valence-electron chi connectivity index (χ4n) is 3.47. The number of hydrogen-bond donors (Lipinski definition) is 2. The summed E-state index contributed by atoms with van der Waals surface area (Å²) in [6, 6.07) is 5.76. The van der Waals surface area contributed by atoms with E-state index in [1.54, 1.807) is 18.5 Å². The highest BCUT2D eigenvalue weighted by Crippen LogP contribution is 2.19. The number of carbonyl (C=O) groups is 3. The minimum absolute atomic E-state index is 0.00532. The number of pyridine rings is 1. The lowest BCUT2D eigenvalue weighted by molar-refractivity contribution is -0.193. The number of halogens is 6. The minimum atomic E-state index is -5.08. The van der Waals surface area contributed by atoms with E-state index in [4.69, 9.17) is 29.2 Å². The van der Waals surface area contributed by atoms with E-state index in [-0.39, 0.29) is 5.91 Å². The number of fused-ring (bicyclic) bond motifs is 1. The van der Waals surface area contributed by atoms with Crippen LogP contribution in [-0.2, 0) is 35.8 Å². The number of aryl methyl sites for hydroxylation is 1. The van der Waals surface area contributed by atoms with Crippen LogP contribution >= 0.6 is 0 Å². The Morgan fingerprint density at radius 3 is 2.12 bits per heavy atom. The van der Waals surface area contributed by atoms with Crippen LogP contribution in [0, 0.1) is 6.92 Å². The maximum Gasteiger partial charge on any atom is 0.490 e. The van der Waals surface area contributed by atoms with Crippen molar-refractivity contribution in [3.05, 3.63) is 71.5 Å². The number of furan rings is 1. The summed E-state index contributed by atoms with van der Waals surface area (Å²) in [4.78, 5) is 43.5. The highest BCUT2D eigenvalue weighted by molar-refractivity contribution is 5.95. The van der Waals surface area contributed by atoms with Crippen LogP contribution in [0.25, 0.3) is 0 Å². The van der Waals surface area contributed by atoms with E-state index in [2.05, 4.69) is 33.8 Å². The van der Waals surface area contributed by atoms with Crippen molar-refractivity contribution in [1.82, 2.24) is 24.3 Å². The Morgan fingerprint density at radius 1 is 1.02 bits per heavy atom. The molecule has 0 fully saturated rings. The Balaban J connectivity index is 0.000000349. The monoisotopic (exact) mass is 593 g/mol. The van der Waals surface area contributed by atoms with Crippen molar-refractivity contribution in [1.29, 1.82) is 0 Å². The number of carboxylic acids is 2. The Labute approximate surface area is 228 Å². The molecule has 41 heavy (non-hydrogen) atoms. The molecule has 1 amide bonds. The minimum Gasteiger partial charge on any atom is -0.475 e. The van der Waals surface area contributed by atoms with E-state index in [9.17, 15) is 31.1 Å². The molecule has 0 aliphatic carbocycles. The molecule has 0 unspecified atom stereocenters. The number of amides is 1. The second kappa shape index (κ2) is 13.8. The molecular weight excluding hydrogens is 568 g/mol. The van der Waals surface area contributed by atoms with E-state index in [1.807, 2.05) is 24.1 Å². The van der Waals surface area contributed by atoms with Crippen LogP contribution in [0.4, 0.5) is 26.3 Å². The van der Waals surface area contributed by atoms with E-state index in [1.165, 1.54) is 5.56 Å². The average molecular weight is 593 g/mol. The van der Waals surface area contributed by atoms with E-state index in [0.717, 1.165) is 31.2 Å². The summed E-state index contributed by atoms with van der Waals surface area (Å²) >= 11 is 0. The molecule has 3 aromatic rings. The number of carboxylic acid groups (broad SMARTS) is 2. The van der Waals surface area contributed by atoms with Gasteiger partial charge in [0.1, 0.15) is 11.6 Å². The van der Waals surface area contributed by atoms with Crippen LogP contribution in [0.1, 0.15) is 33.2 Å². The first-order chi connectivity index (χ1) is 19.0. The van der Waals surface area contributed by atoms with Gasteiger partial charge in [0.2, 0.25) is 0 Å². The van der Waals surface area contributed by atoms with Crippen LogP contribution in [0.15, 0.2) is 47.5 Å². The Kier molecular flexibility index (Phi) is 11.0. The molecule has 11 nitrogen and oxygen atoms in total. The van der Waals surface area contributed by atoms with Gasteiger partial charge < -0.3 is 24.1 Å². The van der Waals surface area contributed by atoms with Crippen molar-refractivity contribution in [2.45, 2.75) is 45.5 Å². The summed E-state index contributed by atoms with van der Waals surface area (Å²) < 4.78 is 70.9. The zero-order chi connectivity index (χ0) is 31.0. The van der Waals surface area contributed by atoms with E-state index < -0.39 is 24.3 Å². The summed E-state index contributed by atoms with van der Waals surface area (Å²) in [6.45, 7) is 5.35. The highest BCUT2D eigenvalue weighted by atomic mass is 19.4. The van der Waals surface area contributed by atoms with E-state index in [0.29, 0.717) is 24.4 Å². The van der Waals surface area contributed by atoms with Crippen molar-refractivity contribution in [2.24, 2.45) is 0 Å². The van der Waals surface area contributed by atoms with Crippen LogP contribution in [0.3, 0.4) is 0 Å². The first kappa shape index (κ1) is 32.8. The summed E-state index contributed by atoms with van der Waals surface area (Å²) in [5.74, 6) is -3.92. The topological polar surface area (TPSA) is 142 Å². The van der Waals surface area contributed by atoms with Gasteiger partial charge in [0.15, 0.2) is 0 Å². The summed E-state index contributed by atoms with van der Waals surface area (Å²) in [5, 5.41) is 14.2. The van der Waals surface area contributed by atoms with Crippen molar-refractivity contribution in [2.75, 3.05) is 13.6 Å². The number of hydrogen-bond acceptors (Lipinski definition) is 7. The Morgan fingerprint density at radius 2 is 1.63 bits per heavy atom. The predicted octanol–water partition coefficient (Wildman–Crippen LogP) is 3.73. The lowest BCUT2D eigenvalue weighted by atomic mass is 10.2. The third-order valence-corrected chi connectivity index (χ3v) is 5.32. The zero-order valence-corrected chi connectivity index (χ0v) is 21.6. The van der Waals surface area contributed by atoms with Crippen LogP contribution in [-0.4, -0.2) is 78.3 Å². The third-order valence-electron chi connectivity index (χ3n) is 5.32. The van der Waals surface area contributed by atoms with Gasteiger partial charge in [-0.3, -0.25) is 14.7 Å². The molecule has 0 saturated carbocycles. The highest BCUT2D eigenvalue weighted by Gasteiger charge is 2.38. The van der Waals surface area contributed by atoms with Crippen molar-refractivity contribution >= 4 is 17.8 Å². The summed E-state index contributed by atoms with van der Waals surface area (Å²) in [6.07, 6.45) is -2.84. The summed E-state index contributed by atoms with van der Waals surface area (Å²) in [5.41, 5.74) is 2.83. The maximum atomic E-state index is 12.7. The molecule has 0 aromatic carbocycles. The predicted molar refractivity (Wildman–Crippen MR) is 127 cm³/mol. The van der Waals surface area contributed by atoms with E-state index >= 15 is 0 Å². The molecule has 3 aromatic heterocycles. The number of aromatic nitrogens is 3. The Hall–Kier alpha value is -4.41. The van der Waals surface area contributed by atoms with Gasteiger partial charge in [0, 0.05) is 44.8 Å². The molecule has 2 N–H and O–H groups in total. The van der Waals surface area contributed by atoms with Gasteiger partial charge in [-0.2, -0.15) is 26.3 Å². The van der Waals surface area contributed by atoms with Gasteiger partial charge in [-0.25, -0.2) is 14.6 Å². The zero-order valence-electron chi connectivity index (χ0n) is 21.6. The molecule has 1 aliphatic heterocycles.